The number of benzene rings is 1. The predicted octanol–water partition coefficient (Wildman–Crippen LogP) is 3.95. The molecule has 0 spiro atoms. The summed E-state index contributed by atoms with van der Waals surface area (Å²) in [5.74, 6) is 0.0244. The molecule has 0 bridgehead atoms. The van der Waals surface area contributed by atoms with Crippen molar-refractivity contribution >= 4 is 27.5 Å². The Kier molecular flexibility index (Phi) is 4.12. The highest BCUT2D eigenvalue weighted by Crippen LogP contribution is 2.28. The van der Waals surface area contributed by atoms with E-state index in [0.29, 0.717) is 28.7 Å². The average molecular weight is 307 g/mol. The van der Waals surface area contributed by atoms with Crippen molar-refractivity contribution in [3.8, 4) is 0 Å². The van der Waals surface area contributed by atoms with Crippen LogP contribution >= 0.6 is 15.9 Å². The van der Waals surface area contributed by atoms with Gasteiger partial charge in [-0.1, -0.05) is 40.2 Å². The Hall–Kier alpha value is -1.22. The van der Waals surface area contributed by atoms with Gasteiger partial charge in [0, 0.05) is 27.6 Å². The van der Waals surface area contributed by atoms with Gasteiger partial charge < -0.3 is 0 Å². The first-order valence-electron chi connectivity index (χ1n) is 6.11. The number of fused-ring (bicyclic) bond motifs is 1. The summed E-state index contributed by atoms with van der Waals surface area (Å²) in [5, 5.41) is 0.929. The average Bonchev–Trinajstić information content (AvgIpc) is 2.40. The molecule has 0 radical (unpaired) electrons. The molecule has 94 valence electrons. The van der Waals surface area contributed by atoms with E-state index in [9.17, 15) is 9.59 Å². The Bertz CT molecular complexity index is 529. The van der Waals surface area contributed by atoms with E-state index in [2.05, 4.69) is 15.9 Å². The van der Waals surface area contributed by atoms with Crippen molar-refractivity contribution in [2.24, 2.45) is 0 Å². The maximum Gasteiger partial charge on any atom is 0.190 e. The lowest BCUT2D eigenvalue weighted by atomic mass is 9.83. The molecule has 0 amide bonds. The molecule has 0 aliphatic heterocycles. The van der Waals surface area contributed by atoms with Gasteiger partial charge in [-0.15, -0.1) is 0 Å². The summed E-state index contributed by atoms with van der Waals surface area (Å²) in [6.45, 7) is 1.76. The van der Waals surface area contributed by atoms with Crippen molar-refractivity contribution < 1.29 is 9.59 Å². The summed E-state index contributed by atoms with van der Waals surface area (Å²) in [4.78, 5) is 24.5. The smallest absolute Gasteiger partial charge is 0.190 e. The third kappa shape index (κ3) is 2.32. The number of rotatable bonds is 4. The molecule has 0 aromatic heterocycles. The molecule has 0 atom stereocenters. The van der Waals surface area contributed by atoms with Gasteiger partial charge in [-0.2, -0.15) is 0 Å². The van der Waals surface area contributed by atoms with Crippen molar-refractivity contribution in [3.63, 3.8) is 0 Å². The van der Waals surface area contributed by atoms with Crippen LogP contribution in [-0.4, -0.2) is 16.9 Å². The van der Waals surface area contributed by atoms with Crippen molar-refractivity contribution in [1.29, 1.82) is 0 Å². The molecule has 0 heterocycles. The van der Waals surface area contributed by atoms with Gasteiger partial charge in [-0.25, -0.2) is 0 Å². The van der Waals surface area contributed by atoms with Crippen LogP contribution in [0.3, 0.4) is 0 Å². The van der Waals surface area contributed by atoms with Crippen LogP contribution < -0.4 is 0 Å². The predicted molar refractivity (Wildman–Crippen MR) is 75.4 cm³/mol. The Balaban J connectivity index is 2.34. The fourth-order valence-electron chi connectivity index (χ4n) is 2.25. The minimum atomic E-state index is -0.000887. The van der Waals surface area contributed by atoms with Gasteiger partial charge in [0.2, 0.25) is 0 Å². The molecule has 1 aliphatic carbocycles. The van der Waals surface area contributed by atoms with Gasteiger partial charge >= 0.3 is 0 Å². The molecule has 0 saturated carbocycles. The number of ketones is 2. The van der Waals surface area contributed by atoms with Crippen molar-refractivity contribution in [2.75, 3.05) is 5.33 Å². The van der Waals surface area contributed by atoms with Gasteiger partial charge in [0.25, 0.3) is 0 Å². The number of unbranched alkanes of at least 4 members (excludes halogenated alkanes) is 1. The molecule has 2 nitrogen and oxygen atoms in total. The van der Waals surface area contributed by atoms with E-state index in [1.165, 1.54) is 0 Å². The molecule has 1 aromatic rings. The van der Waals surface area contributed by atoms with E-state index in [1.54, 1.807) is 31.2 Å². The number of halogens is 1. The highest BCUT2D eigenvalue weighted by molar-refractivity contribution is 9.09. The number of hydrogen-bond donors (Lipinski definition) is 0. The minimum absolute atomic E-state index is 0.000887. The molecular weight excluding hydrogens is 292 g/mol. The van der Waals surface area contributed by atoms with Crippen LogP contribution in [0.5, 0.6) is 0 Å². The molecule has 3 heteroatoms. The van der Waals surface area contributed by atoms with Gasteiger partial charge in [0.1, 0.15) is 0 Å². The van der Waals surface area contributed by atoms with E-state index in [-0.39, 0.29) is 11.6 Å². The number of allylic oxidation sites excluding steroid dienone is 2. The third-order valence-electron chi connectivity index (χ3n) is 3.29. The Morgan fingerprint density at radius 1 is 1.00 bits per heavy atom. The van der Waals surface area contributed by atoms with E-state index in [4.69, 9.17) is 0 Å². The zero-order chi connectivity index (χ0) is 13.1. The molecule has 0 unspecified atom stereocenters. The fourth-order valence-corrected chi connectivity index (χ4v) is 2.64. The first-order chi connectivity index (χ1) is 8.66. The van der Waals surface area contributed by atoms with Crippen LogP contribution in [0.1, 0.15) is 46.9 Å². The Labute approximate surface area is 115 Å². The Morgan fingerprint density at radius 2 is 1.61 bits per heavy atom. The Morgan fingerprint density at radius 3 is 2.22 bits per heavy atom. The zero-order valence-corrected chi connectivity index (χ0v) is 11.9. The topological polar surface area (TPSA) is 34.1 Å². The van der Waals surface area contributed by atoms with E-state index >= 15 is 0 Å². The van der Waals surface area contributed by atoms with Crippen LogP contribution in [0.2, 0.25) is 0 Å². The number of carbonyl (C=O) groups excluding carboxylic acids is 2. The molecule has 2 rings (SSSR count). The highest BCUT2D eigenvalue weighted by Gasteiger charge is 2.28. The minimum Gasteiger partial charge on any atom is -0.289 e. The molecule has 1 aromatic carbocycles. The summed E-state index contributed by atoms with van der Waals surface area (Å²) in [5.41, 5.74) is 2.42. The van der Waals surface area contributed by atoms with Crippen molar-refractivity contribution in [2.45, 2.75) is 26.2 Å². The molecular formula is C15H15BrO2. The number of carbonyl (C=O) groups is 2. The van der Waals surface area contributed by atoms with Crippen LogP contribution in [0.15, 0.2) is 35.4 Å². The first kappa shape index (κ1) is 13.2. The SMILES string of the molecule is CC1=C(CCCCBr)C(=O)c2ccccc2C1=O. The van der Waals surface area contributed by atoms with Gasteiger partial charge in [-0.3, -0.25) is 9.59 Å². The summed E-state index contributed by atoms with van der Waals surface area (Å²) < 4.78 is 0. The highest BCUT2D eigenvalue weighted by atomic mass is 79.9. The lowest BCUT2D eigenvalue weighted by molar-refractivity contribution is 0.0971. The summed E-state index contributed by atoms with van der Waals surface area (Å²) in [6, 6.07) is 7.08. The lowest BCUT2D eigenvalue weighted by Gasteiger charge is -2.18. The normalized spacial score (nSPS) is 15.0. The van der Waals surface area contributed by atoms with Crippen LogP contribution in [0, 0.1) is 0 Å². The maximum absolute atomic E-state index is 12.3. The largest absolute Gasteiger partial charge is 0.289 e. The fraction of sp³-hybridized carbons (Fsp3) is 0.333. The molecule has 1 aliphatic rings. The van der Waals surface area contributed by atoms with Gasteiger partial charge in [0.15, 0.2) is 11.6 Å². The first-order valence-corrected chi connectivity index (χ1v) is 7.23. The molecule has 0 N–H and O–H groups in total. The molecule has 18 heavy (non-hydrogen) atoms. The van der Waals surface area contributed by atoms with Gasteiger partial charge in [0.05, 0.1) is 0 Å². The summed E-state index contributed by atoms with van der Waals surface area (Å²) in [7, 11) is 0. The quantitative estimate of drug-likeness (QED) is 0.623. The van der Waals surface area contributed by atoms with Crippen LogP contribution in [0.25, 0.3) is 0 Å². The number of alkyl halides is 1. The number of Topliss-reactive ketones (excluding diaryl/α,β-unsaturated/α-hetero) is 2. The second-order valence-electron chi connectivity index (χ2n) is 4.45. The third-order valence-corrected chi connectivity index (χ3v) is 3.85. The number of hydrogen-bond acceptors (Lipinski definition) is 2. The second kappa shape index (κ2) is 5.61. The van der Waals surface area contributed by atoms with Crippen molar-refractivity contribution in [1.82, 2.24) is 0 Å². The second-order valence-corrected chi connectivity index (χ2v) is 5.25. The molecule has 0 fully saturated rings. The standard InChI is InChI=1S/C15H15BrO2/c1-10-11(6-4-5-9-16)15(18)13-8-3-2-7-12(13)14(10)17/h2-3,7-8H,4-6,9H2,1H3. The monoisotopic (exact) mass is 306 g/mol. The molecule has 0 saturated heterocycles. The van der Waals surface area contributed by atoms with Crippen molar-refractivity contribution in [3.05, 3.63) is 46.5 Å². The zero-order valence-electron chi connectivity index (χ0n) is 10.3. The van der Waals surface area contributed by atoms with E-state index < -0.39 is 0 Å². The van der Waals surface area contributed by atoms with Gasteiger partial charge in [-0.05, 0) is 26.2 Å². The van der Waals surface area contributed by atoms with Crippen LogP contribution in [-0.2, 0) is 0 Å². The van der Waals surface area contributed by atoms with E-state index in [1.807, 2.05) is 0 Å². The van der Waals surface area contributed by atoms with E-state index in [0.717, 1.165) is 18.2 Å². The summed E-state index contributed by atoms with van der Waals surface area (Å²) >= 11 is 3.37. The lowest BCUT2D eigenvalue weighted by Crippen LogP contribution is -2.20. The summed E-state index contributed by atoms with van der Waals surface area (Å²) in [6.07, 6.45) is 2.63. The van der Waals surface area contributed by atoms with Crippen LogP contribution in [0.4, 0.5) is 0 Å². The maximum atomic E-state index is 12.3.